The molecule has 8 heteroatoms. The number of nitrogens with two attached hydrogens (primary N) is 1. The Morgan fingerprint density at radius 3 is 2.48 bits per heavy atom. The van der Waals surface area contributed by atoms with E-state index in [2.05, 4.69) is 5.10 Å². The third-order valence-corrected chi connectivity index (χ3v) is 3.83. The minimum absolute atomic E-state index is 0.0441. The van der Waals surface area contributed by atoms with Gasteiger partial charge in [0.2, 0.25) is 0 Å². The van der Waals surface area contributed by atoms with Crippen molar-refractivity contribution in [1.29, 1.82) is 0 Å². The predicted octanol–water partition coefficient (Wildman–Crippen LogP) is 1.46. The fourth-order valence-corrected chi connectivity index (χ4v) is 2.52. The van der Waals surface area contributed by atoms with Crippen molar-refractivity contribution < 1.29 is 18.7 Å². The molecule has 0 radical (unpaired) electrons. The zero-order valence-corrected chi connectivity index (χ0v) is 12.0. The number of piperidine rings is 1. The highest BCUT2D eigenvalue weighted by atomic mass is 19.3. The number of rotatable bonds is 5. The number of carbonyl (C=O) groups is 1. The molecule has 2 rings (SSSR count). The molecular formula is C13H20F2N4O2. The van der Waals surface area contributed by atoms with Gasteiger partial charge in [-0.3, -0.25) is 0 Å². The highest BCUT2D eigenvalue weighted by molar-refractivity contribution is 5.94. The Hall–Kier alpha value is -1.70. The van der Waals surface area contributed by atoms with Crippen LogP contribution in [0.1, 0.15) is 35.8 Å². The van der Waals surface area contributed by atoms with Crippen molar-refractivity contribution >= 4 is 11.8 Å². The Morgan fingerprint density at radius 1 is 1.38 bits per heavy atom. The molecular weight excluding hydrogens is 282 g/mol. The number of likely N-dealkylation sites (tertiary alicyclic amines) is 1. The third kappa shape index (κ3) is 3.49. The van der Waals surface area contributed by atoms with Crippen LogP contribution in [0.15, 0.2) is 0 Å². The van der Waals surface area contributed by atoms with E-state index in [9.17, 15) is 13.6 Å². The summed E-state index contributed by atoms with van der Waals surface area (Å²) in [5.74, 6) is -3.53. The summed E-state index contributed by atoms with van der Waals surface area (Å²) in [6.45, 7) is 3.41. The maximum absolute atomic E-state index is 13.1. The average Bonchev–Trinajstić information content (AvgIpc) is 2.74. The third-order valence-electron chi connectivity index (χ3n) is 3.83. The van der Waals surface area contributed by atoms with Crippen LogP contribution in [-0.2, 0) is 13.0 Å². The van der Waals surface area contributed by atoms with E-state index in [1.807, 2.05) is 11.8 Å². The quantitative estimate of drug-likeness (QED) is 0.860. The van der Waals surface area contributed by atoms with Crippen LogP contribution < -0.4 is 5.73 Å². The monoisotopic (exact) mass is 302 g/mol. The molecule has 3 N–H and O–H groups in total. The number of alkyl halides is 2. The minimum Gasteiger partial charge on any atom is -0.477 e. The van der Waals surface area contributed by atoms with Crippen LogP contribution in [0.3, 0.4) is 0 Å². The maximum Gasteiger partial charge on any atom is 0.341 e. The second-order valence-electron chi connectivity index (χ2n) is 5.29. The van der Waals surface area contributed by atoms with E-state index in [-0.39, 0.29) is 24.2 Å². The lowest BCUT2D eigenvalue weighted by Gasteiger charge is -2.31. The summed E-state index contributed by atoms with van der Waals surface area (Å²) in [5, 5.41) is 13.3. The second kappa shape index (κ2) is 5.97. The van der Waals surface area contributed by atoms with Gasteiger partial charge in [-0.15, -0.1) is 0 Å². The van der Waals surface area contributed by atoms with E-state index >= 15 is 0 Å². The van der Waals surface area contributed by atoms with Crippen LogP contribution in [0.2, 0.25) is 0 Å². The van der Waals surface area contributed by atoms with Crippen LogP contribution in [0.4, 0.5) is 14.6 Å². The molecule has 0 bridgehead atoms. The molecule has 1 aliphatic heterocycles. The molecule has 118 valence electrons. The zero-order valence-electron chi connectivity index (χ0n) is 12.0. The molecule has 0 unspecified atom stereocenters. The van der Waals surface area contributed by atoms with E-state index in [0.717, 1.165) is 0 Å². The lowest BCUT2D eigenvalue weighted by atomic mass is 10.1. The Bertz CT molecular complexity index is 520. The molecule has 0 spiro atoms. The molecule has 1 saturated heterocycles. The highest BCUT2D eigenvalue weighted by Gasteiger charge is 2.33. The smallest absolute Gasteiger partial charge is 0.341 e. The number of nitrogens with zero attached hydrogens (tertiary/aromatic N) is 3. The van der Waals surface area contributed by atoms with Crippen LogP contribution in [0.5, 0.6) is 0 Å². The molecule has 0 amide bonds. The Morgan fingerprint density at radius 2 is 2.00 bits per heavy atom. The molecule has 0 atom stereocenters. The van der Waals surface area contributed by atoms with Crippen LogP contribution in [-0.4, -0.2) is 51.3 Å². The number of hydrogen-bond donors (Lipinski definition) is 2. The fraction of sp³-hybridized carbons (Fsp3) is 0.692. The highest BCUT2D eigenvalue weighted by Crippen LogP contribution is 2.27. The van der Waals surface area contributed by atoms with Gasteiger partial charge in [0, 0.05) is 32.5 Å². The van der Waals surface area contributed by atoms with Gasteiger partial charge in [-0.25, -0.2) is 18.3 Å². The number of halogens is 2. The number of nitrogen functional groups attached to an aromatic ring is 1. The van der Waals surface area contributed by atoms with Gasteiger partial charge in [0.25, 0.3) is 5.92 Å². The van der Waals surface area contributed by atoms with E-state index in [4.69, 9.17) is 10.8 Å². The molecule has 6 nitrogen and oxygen atoms in total. The summed E-state index contributed by atoms with van der Waals surface area (Å²) in [4.78, 5) is 13.1. The standard InChI is InChI=1S/C13H20F2N4O2/c1-2-9-10(12(20)21)11(16)19(17-9)8-7-18-5-3-13(14,15)4-6-18/h2-8,16H2,1H3,(H,20,21). The lowest BCUT2D eigenvalue weighted by Crippen LogP contribution is -2.40. The van der Waals surface area contributed by atoms with Crippen LogP contribution >= 0.6 is 0 Å². The Balaban J connectivity index is 1.99. The first-order valence-electron chi connectivity index (χ1n) is 7.02. The van der Waals surface area contributed by atoms with E-state index in [1.54, 1.807) is 0 Å². The fourth-order valence-electron chi connectivity index (χ4n) is 2.52. The normalized spacial score (nSPS) is 18.8. The van der Waals surface area contributed by atoms with E-state index in [1.165, 1.54) is 4.68 Å². The summed E-state index contributed by atoms with van der Waals surface area (Å²) in [6, 6.07) is 0. The van der Waals surface area contributed by atoms with Crippen molar-refractivity contribution in [3.8, 4) is 0 Å². The molecule has 1 aliphatic rings. The van der Waals surface area contributed by atoms with Gasteiger partial charge in [-0.1, -0.05) is 6.92 Å². The zero-order chi connectivity index (χ0) is 15.6. The molecule has 0 aliphatic carbocycles. The number of aromatic carboxylic acids is 1. The van der Waals surface area contributed by atoms with Crippen molar-refractivity contribution in [3.05, 3.63) is 11.3 Å². The number of aryl methyl sites for hydroxylation is 1. The second-order valence-corrected chi connectivity index (χ2v) is 5.29. The van der Waals surface area contributed by atoms with Crippen molar-refractivity contribution in [2.45, 2.75) is 38.7 Å². The Labute approximate surface area is 121 Å². The lowest BCUT2D eigenvalue weighted by molar-refractivity contribution is -0.0555. The Kier molecular flexibility index (Phi) is 4.46. The molecule has 2 heterocycles. The van der Waals surface area contributed by atoms with Crippen molar-refractivity contribution in [2.75, 3.05) is 25.4 Å². The van der Waals surface area contributed by atoms with E-state index < -0.39 is 11.9 Å². The summed E-state index contributed by atoms with van der Waals surface area (Å²) < 4.78 is 27.6. The van der Waals surface area contributed by atoms with Crippen LogP contribution in [0, 0.1) is 0 Å². The number of carboxylic acid groups (broad SMARTS) is 1. The van der Waals surface area contributed by atoms with Crippen molar-refractivity contribution in [1.82, 2.24) is 14.7 Å². The van der Waals surface area contributed by atoms with Gasteiger partial charge in [0.15, 0.2) is 0 Å². The van der Waals surface area contributed by atoms with Gasteiger partial charge in [-0.05, 0) is 6.42 Å². The topological polar surface area (TPSA) is 84.4 Å². The summed E-state index contributed by atoms with van der Waals surface area (Å²) in [6.07, 6.45) is 0.207. The van der Waals surface area contributed by atoms with Gasteiger partial charge in [-0.2, -0.15) is 5.10 Å². The number of anilines is 1. The van der Waals surface area contributed by atoms with Gasteiger partial charge >= 0.3 is 5.97 Å². The molecule has 1 fully saturated rings. The molecule has 0 aromatic carbocycles. The SMILES string of the molecule is CCc1nn(CCN2CCC(F)(F)CC2)c(N)c1C(=O)O. The van der Waals surface area contributed by atoms with Gasteiger partial charge in [0.1, 0.15) is 11.4 Å². The summed E-state index contributed by atoms with van der Waals surface area (Å²) in [5.41, 5.74) is 6.31. The molecule has 1 aromatic rings. The largest absolute Gasteiger partial charge is 0.477 e. The van der Waals surface area contributed by atoms with Gasteiger partial charge in [0.05, 0.1) is 12.2 Å². The van der Waals surface area contributed by atoms with E-state index in [0.29, 0.717) is 38.3 Å². The molecule has 21 heavy (non-hydrogen) atoms. The maximum atomic E-state index is 13.1. The van der Waals surface area contributed by atoms with Crippen molar-refractivity contribution in [3.63, 3.8) is 0 Å². The number of aromatic nitrogens is 2. The van der Waals surface area contributed by atoms with Gasteiger partial charge < -0.3 is 15.7 Å². The average molecular weight is 302 g/mol. The minimum atomic E-state index is -2.56. The number of hydrogen-bond acceptors (Lipinski definition) is 4. The van der Waals surface area contributed by atoms with Crippen molar-refractivity contribution in [2.24, 2.45) is 0 Å². The predicted molar refractivity (Wildman–Crippen MR) is 73.6 cm³/mol. The number of carboxylic acids is 1. The molecule has 1 aromatic heterocycles. The first-order chi connectivity index (χ1) is 9.84. The summed E-state index contributed by atoms with van der Waals surface area (Å²) in [7, 11) is 0. The first-order valence-corrected chi connectivity index (χ1v) is 7.02. The molecule has 0 saturated carbocycles. The first kappa shape index (κ1) is 15.7. The summed E-state index contributed by atoms with van der Waals surface area (Å²) >= 11 is 0. The van der Waals surface area contributed by atoms with Crippen LogP contribution in [0.25, 0.3) is 0 Å².